The summed E-state index contributed by atoms with van der Waals surface area (Å²) < 4.78 is 12.6. The number of imidazole rings is 1. The van der Waals surface area contributed by atoms with Gasteiger partial charge in [-0.05, 0) is 12.8 Å². The van der Waals surface area contributed by atoms with Crippen LogP contribution in [0.25, 0.3) is 0 Å². The number of carbonyl (C=O) groups is 1. The van der Waals surface area contributed by atoms with Gasteiger partial charge < -0.3 is 18.7 Å². The molecule has 3 heterocycles. The summed E-state index contributed by atoms with van der Waals surface area (Å²) in [6.45, 7) is 6.94. The minimum atomic E-state index is -0.0446. The lowest BCUT2D eigenvalue weighted by Gasteiger charge is -2.31. The monoisotopic (exact) mass is 346 g/mol. The van der Waals surface area contributed by atoms with Gasteiger partial charge in [0.15, 0.2) is 5.69 Å². The number of amides is 1. The molecular formula is C18H26N4O3. The molecule has 1 saturated heterocycles. The predicted molar refractivity (Wildman–Crippen MR) is 92.6 cm³/mol. The van der Waals surface area contributed by atoms with Crippen LogP contribution in [-0.2, 0) is 11.3 Å². The van der Waals surface area contributed by atoms with Crippen molar-refractivity contribution in [1.29, 1.82) is 0 Å². The van der Waals surface area contributed by atoms with E-state index in [4.69, 9.17) is 9.26 Å². The Hall–Kier alpha value is -2.15. The lowest BCUT2D eigenvalue weighted by molar-refractivity contribution is 0.0699. The summed E-state index contributed by atoms with van der Waals surface area (Å²) in [4.78, 5) is 19.0. The van der Waals surface area contributed by atoms with Crippen LogP contribution >= 0.6 is 0 Å². The molecule has 1 fully saturated rings. The molecule has 3 rings (SSSR count). The predicted octanol–water partition coefficient (Wildman–Crippen LogP) is 2.66. The summed E-state index contributed by atoms with van der Waals surface area (Å²) in [5.41, 5.74) is 0.406. The number of aromatic nitrogens is 3. The minimum absolute atomic E-state index is 0.0446. The highest BCUT2D eigenvalue weighted by atomic mass is 16.5. The fraction of sp³-hybridized carbons (Fsp3) is 0.611. The standard InChI is InChI=1S/C18H26N4O3/c1-13(2)16-12-15(20-25-16)18(23)22-7-4-14(5-8-22)17-19-6-9-21(17)10-11-24-3/h6,9,12-14H,4-5,7-8,10-11H2,1-3H3. The smallest absolute Gasteiger partial charge is 0.276 e. The van der Waals surface area contributed by atoms with E-state index in [9.17, 15) is 4.79 Å². The molecule has 0 N–H and O–H groups in total. The summed E-state index contributed by atoms with van der Waals surface area (Å²) in [5, 5.41) is 3.93. The molecule has 7 nitrogen and oxygen atoms in total. The molecule has 136 valence electrons. The van der Waals surface area contributed by atoms with Gasteiger partial charge in [0.05, 0.1) is 6.61 Å². The molecule has 0 aliphatic carbocycles. The molecule has 7 heteroatoms. The van der Waals surface area contributed by atoms with Crippen LogP contribution in [0.5, 0.6) is 0 Å². The molecule has 0 saturated carbocycles. The van der Waals surface area contributed by atoms with Crippen LogP contribution in [0.15, 0.2) is 23.0 Å². The number of hydrogen-bond donors (Lipinski definition) is 0. The molecule has 25 heavy (non-hydrogen) atoms. The molecule has 1 aliphatic heterocycles. The fourth-order valence-corrected chi connectivity index (χ4v) is 3.22. The Kier molecular flexibility index (Phi) is 5.53. The van der Waals surface area contributed by atoms with E-state index in [1.165, 1.54) is 0 Å². The number of likely N-dealkylation sites (tertiary alicyclic amines) is 1. The first-order chi connectivity index (χ1) is 12.1. The Balaban J connectivity index is 1.60. The normalized spacial score (nSPS) is 15.9. The molecule has 0 bridgehead atoms. The van der Waals surface area contributed by atoms with Gasteiger partial charge in [0.2, 0.25) is 0 Å². The number of ether oxygens (including phenoxy) is 1. The van der Waals surface area contributed by atoms with Gasteiger partial charge in [-0.2, -0.15) is 0 Å². The number of piperidine rings is 1. The highest BCUT2D eigenvalue weighted by Gasteiger charge is 2.28. The van der Waals surface area contributed by atoms with Gasteiger partial charge >= 0.3 is 0 Å². The average molecular weight is 346 g/mol. The van der Waals surface area contributed by atoms with E-state index in [0.29, 0.717) is 31.3 Å². The lowest BCUT2D eigenvalue weighted by atomic mass is 9.95. The van der Waals surface area contributed by atoms with Crippen LogP contribution in [0.4, 0.5) is 0 Å². The third-order valence-corrected chi connectivity index (χ3v) is 4.75. The molecule has 1 aliphatic rings. The molecule has 0 aromatic carbocycles. The van der Waals surface area contributed by atoms with Crippen molar-refractivity contribution >= 4 is 5.91 Å². The summed E-state index contributed by atoms with van der Waals surface area (Å²) in [5.74, 6) is 2.40. The van der Waals surface area contributed by atoms with Crippen LogP contribution in [0.1, 0.15) is 60.6 Å². The molecule has 0 atom stereocenters. The molecule has 0 radical (unpaired) electrons. The summed E-state index contributed by atoms with van der Waals surface area (Å²) in [6.07, 6.45) is 5.65. The third kappa shape index (κ3) is 3.92. The summed E-state index contributed by atoms with van der Waals surface area (Å²) >= 11 is 0. The largest absolute Gasteiger partial charge is 0.383 e. The van der Waals surface area contributed by atoms with Crippen molar-refractivity contribution in [2.24, 2.45) is 0 Å². The van der Waals surface area contributed by atoms with E-state index in [1.807, 2.05) is 31.1 Å². The van der Waals surface area contributed by atoms with Crippen molar-refractivity contribution in [3.63, 3.8) is 0 Å². The third-order valence-electron chi connectivity index (χ3n) is 4.75. The van der Waals surface area contributed by atoms with E-state index in [-0.39, 0.29) is 11.8 Å². The quantitative estimate of drug-likeness (QED) is 0.804. The van der Waals surface area contributed by atoms with E-state index in [2.05, 4.69) is 14.7 Å². The van der Waals surface area contributed by atoms with E-state index < -0.39 is 0 Å². The Morgan fingerprint density at radius 1 is 1.40 bits per heavy atom. The highest BCUT2D eigenvalue weighted by Crippen LogP contribution is 2.28. The second kappa shape index (κ2) is 7.82. The van der Waals surface area contributed by atoms with Crippen molar-refractivity contribution in [2.75, 3.05) is 26.8 Å². The molecule has 0 unspecified atom stereocenters. The zero-order valence-corrected chi connectivity index (χ0v) is 15.1. The zero-order valence-electron chi connectivity index (χ0n) is 15.1. The molecule has 1 amide bonds. The van der Waals surface area contributed by atoms with E-state index in [1.54, 1.807) is 13.2 Å². The van der Waals surface area contributed by atoms with Crippen LogP contribution in [0, 0.1) is 0 Å². The topological polar surface area (TPSA) is 73.4 Å². The maximum atomic E-state index is 12.6. The van der Waals surface area contributed by atoms with Gasteiger partial charge in [-0.25, -0.2) is 4.98 Å². The fourth-order valence-electron chi connectivity index (χ4n) is 3.22. The van der Waals surface area contributed by atoms with Gasteiger partial charge in [-0.1, -0.05) is 19.0 Å². The maximum Gasteiger partial charge on any atom is 0.276 e. The Labute approximate surface area is 148 Å². The SMILES string of the molecule is COCCn1ccnc1C1CCN(C(=O)c2cc(C(C)C)on2)CC1. The van der Waals surface area contributed by atoms with Crippen LogP contribution in [-0.4, -0.2) is 52.3 Å². The first-order valence-corrected chi connectivity index (χ1v) is 8.86. The summed E-state index contributed by atoms with van der Waals surface area (Å²) in [7, 11) is 1.70. The average Bonchev–Trinajstić information content (AvgIpc) is 3.29. The number of hydrogen-bond acceptors (Lipinski definition) is 5. The van der Waals surface area contributed by atoms with Crippen LogP contribution < -0.4 is 0 Å². The van der Waals surface area contributed by atoms with Crippen molar-refractivity contribution in [3.8, 4) is 0 Å². The Bertz CT molecular complexity index is 699. The Morgan fingerprint density at radius 2 is 2.16 bits per heavy atom. The van der Waals surface area contributed by atoms with E-state index >= 15 is 0 Å². The van der Waals surface area contributed by atoms with Crippen molar-refractivity contribution in [1.82, 2.24) is 19.6 Å². The molecule has 2 aromatic heterocycles. The van der Waals surface area contributed by atoms with E-state index in [0.717, 1.165) is 31.0 Å². The van der Waals surface area contributed by atoms with Crippen molar-refractivity contribution < 1.29 is 14.1 Å². The molecular weight excluding hydrogens is 320 g/mol. The van der Waals surface area contributed by atoms with Crippen molar-refractivity contribution in [3.05, 3.63) is 35.7 Å². The maximum absolute atomic E-state index is 12.6. The number of methoxy groups -OCH3 is 1. The van der Waals surface area contributed by atoms with Crippen molar-refractivity contribution in [2.45, 2.75) is 45.1 Å². The number of nitrogens with zero attached hydrogens (tertiary/aromatic N) is 4. The number of carbonyl (C=O) groups excluding carboxylic acids is 1. The second-order valence-electron chi connectivity index (χ2n) is 6.81. The second-order valence-corrected chi connectivity index (χ2v) is 6.81. The first kappa shape index (κ1) is 17.7. The highest BCUT2D eigenvalue weighted by molar-refractivity contribution is 5.92. The summed E-state index contributed by atoms with van der Waals surface area (Å²) in [6, 6.07) is 1.76. The minimum Gasteiger partial charge on any atom is -0.383 e. The lowest BCUT2D eigenvalue weighted by Crippen LogP contribution is -2.38. The van der Waals surface area contributed by atoms with Gasteiger partial charge in [-0.15, -0.1) is 0 Å². The van der Waals surface area contributed by atoms with Crippen LogP contribution in [0.2, 0.25) is 0 Å². The number of rotatable bonds is 6. The molecule has 2 aromatic rings. The Morgan fingerprint density at radius 3 is 2.80 bits per heavy atom. The van der Waals surface area contributed by atoms with Gasteiger partial charge in [0.25, 0.3) is 5.91 Å². The zero-order chi connectivity index (χ0) is 17.8. The first-order valence-electron chi connectivity index (χ1n) is 8.86. The molecule has 0 spiro atoms. The van der Waals surface area contributed by atoms with Gasteiger partial charge in [-0.3, -0.25) is 4.79 Å². The van der Waals surface area contributed by atoms with Gasteiger partial charge in [0.1, 0.15) is 11.6 Å². The van der Waals surface area contributed by atoms with Gasteiger partial charge in [0, 0.05) is 57.0 Å². The van der Waals surface area contributed by atoms with Crippen LogP contribution in [0.3, 0.4) is 0 Å².